The molecule has 2 N–H and O–H groups in total. The molecule has 0 aliphatic rings. The first-order chi connectivity index (χ1) is 12.5. The summed E-state index contributed by atoms with van der Waals surface area (Å²) in [5, 5.41) is 28.9. The number of aliphatic hydroxyl groups excluding tert-OH is 2. The molecule has 146 valence electrons. The lowest BCUT2D eigenvalue weighted by molar-refractivity contribution is -0.143. The van der Waals surface area contributed by atoms with Crippen molar-refractivity contribution in [2.45, 2.75) is 77.7 Å². The van der Waals surface area contributed by atoms with Gasteiger partial charge in [0.1, 0.15) is 0 Å². The van der Waals surface area contributed by atoms with Crippen LogP contribution in [0.2, 0.25) is 0 Å². The van der Waals surface area contributed by atoms with E-state index in [2.05, 4.69) is 11.9 Å². The number of hydrogen-bond acceptors (Lipinski definition) is 5. The minimum atomic E-state index is -0.855. The molecule has 6 heteroatoms. The van der Waals surface area contributed by atoms with E-state index in [1.54, 1.807) is 19.1 Å². The lowest BCUT2D eigenvalue weighted by Crippen LogP contribution is -2.05. The van der Waals surface area contributed by atoms with Crippen molar-refractivity contribution in [3.8, 4) is 0 Å². The highest BCUT2D eigenvalue weighted by atomic mass is 16.5. The van der Waals surface area contributed by atoms with Gasteiger partial charge >= 0.3 is 11.7 Å². The molecule has 0 rings (SSSR count). The van der Waals surface area contributed by atoms with Crippen LogP contribution in [-0.2, 0) is 9.53 Å². The van der Waals surface area contributed by atoms with Crippen LogP contribution in [0.15, 0.2) is 35.8 Å². The summed E-state index contributed by atoms with van der Waals surface area (Å²) in [5.74, 6) is -0.404. The van der Waals surface area contributed by atoms with Crippen LogP contribution >= 0.6 is 0 Å². The van der Waals surface area contributed by atoms with Crippen molar-refractivity contribution in [2.75, 3.05) is 6.61 Å². The van der Waals surface area contributed by atoms with E-state index in [-0.39, 0.29) is 23.8 Å². The van der Waals surface area contributed by atoms with E-state index in [9.17, 15) is 15.0 Å². The van der Waals surface area contributed by atoms with Crippen LogP contribution in [0.3, 0.4) is 0 Å². The molecular weight excluding hydrogens is 332 g/mol. The molecule has 0 aromatic heterocycles. The third-order valence-electron chi connectivity index (χ3n) is 3.76. The zero-order valence-corrected chi connectivity index (χ0v) is 16.1. The number of aliphatic hydroxyl groups is 2. The fourth-order valence-electron chi connectivity index (χ4n) is 2.31. The summed E-state index contributed by atoms with van der Waals surface area (Å²) < 4.78 is 4.83. The van der Waals surface area contributed by atoms with Gasteiger partial charge in [-0.05, 0) is 32.6 Å². The second kappa shape index (κ2) is 16.3. The maximum absolute atomic E-state index is 11.2. The molecule has 1 atom stereocenters. The highest BCUT2D eigenvalue weighted by Crippen LogP contribution is 2.17. The lowest BCUT2D eigenvalue weighted by Gasteiger charge is -2.03. The monoisotopic (exact) mass is 365 g/mol. The number of carbonyl (C=O) groups excluding carboxylic acids is 1. The first kappa shape index (κ1) is 23.9. The van der Waals surface area contributed by atoms with E-state index in [0.717, 1.165) is 12.8 Å². The molecule has 0 saturated heterocycles. The highest BCUT2D eigenvalue weighted by molar-refractivity contribution is 5.69. The largest absolute Gasteiger partial charge is 0.505 e. The van der Waals surface area contributed by atoms with Gasteiger partial charge in [-0.25, -0.2) is 0 Å². The second-order valence-electron chi connectivity index (χ2n) is 6.09. The zero-order valence-electron chi connectivity index (χ0n) is 16.1. The molecule has 0 amide bonds. The number of rotatable bonds is 14. The van der Waals surface area contributed by atoms with Crippen molar-refractivity contribution in [3.05, 3.63) is 40.7 Å². The summed E-state index contributed by atoms with van der Waals surface area (Å²) >= 11 is 0. The molecule has 26 heavy (non-hydrogen) atoms. The molecular formula is C20H33N2O4+. The van der Waals surface area contributed by atoms with Crippen molar-refractivity contribution < 1.29 is 19.7 Å². The topological polar surface area (TPSA) is 94.9 Å². The SMILES string of the molecule is CCCCC/C=C/C=C/C(O)C/C(O)=C(/CCCCC(=O)OCC)[N+]#N. The Balaban J connectivity index is 4.24. The van der Waals surface area contributed by atoms with E-state index in [4.69, 9.17) is 10.1 Å². The predicted octanol–water partition coefficient (Wildman–Crippen LogP) is 5.18. The minimum absolute atomic E-state index is 0.0164. The molecule has 0 aromatic rings. The van der Waals surface area contributed by atoms with Gasteiger partial charge in [0, 0.05) is 12.8 Å². The molecule has 0 aliphatic heterocycles. The normalized spacial score (nSPS) is 13.6. The molecule has 0 aromatic carbocycles. The first-order valence-electron chi connectivity index (χ1n) is 9.48. The summed E-state index contributed by atoms with van der Waals surface area (Å²) in [6, 6.07) is 0. The highest BCUT2D eigenvalue weighted by Gasteiger charge is 2.20. The van der Waals surface area contributed by atoms with E-state index < -0.39 is 6.10 Å². The molecule has 0 saturated carbocycles. The fraction of sp³-hybridized carbons (Fsp3) is 0.650. The standard InChI is InChI=1S/C20H32N2O4/c1-3-5-6-7-8-9-10-13-17(23)16-19(24)18(22-21)14-11-12-15-20(25)26-4-2/h8-10,13,17,23H,3-7,11-12,14-16H2,1-2H3/p+1/b9-8+,13-10+,19-18+. The number of carbonyl (C=O) groups is 1. The molecule has 0 radical (unpaired) electrons. The molecule has 0 aliphatic carbocycles. The summed E-state index contributed by atoms with van der Waals surface area (Å²) in [4.78, 5) is 14.3. The number of diazo groups is 1. The molecule has 0 bridgehead atoms. The van der Waals surface area contributed by atoms with Crippen molar-refractivity contribution >= 4 is 5.97 Å². The third-order valence-corrected chi connectivity index (χ3v) is 3.76. The average molecular weight is 365 g/mol. The van der Waals surface area contributed by atoms with Crippen LogP contribution in [0.25, 0.3) is 4.98 Å². The van der Waals surface area contributed by atoms with Crippen molar-refractivity contribution in [1.82, 2.24) is 0 Å². The fourth-order valence-corrected chi connectivity index (χ4v) is 2.31. The molecule has 0 spiro atoms. The van der Waals surface area contributed by atoms with Crippen LogP contribution in [0.1, 0.15) is 71.6 Å². The summed E-state index contributed by atoms with van der Waals surface area (Å²) in [5.41, 5.74) is 0.136. The van der Waals surface area contributed by atoms with Gasteiger partial charge in [-0.2, -0.15) is 0 Å². The van der Waals surface area contributed by atoms with E-state index >= 15 is 0 Å². The summed E-state index contributed by atoms with van der Waals surface area (Å²) in [7, 11) is 0. The Kier molecular flexibility index (Phi) is 15.0. The van der Waals surface area contributed by atoms with Gasteiger partial charge in [-0.15, -0.1) is 0 Å². The van der Waals surface area contributed by atoms with E-state index in [1.165, 1.54) is 12.8 Å². The van der Waals surface area contributed by atoms with Crippen molar-refractivity contribution in [2.24, 2.45) is 0 Å². The van der Waals surface area contributed by atoms with Gasteiger partial charge in [0.25, 0.3) is 0 Å². The average Bonchev–Trinajstić information content (AvgIpc) is 2.61. The van der Waals surface area contributed by atoms with Crippen LogP contribution < -0.4 is 0 Å². The summed E-state index contributed by atoms with van der Waals surface area (Å²) in [6.45, 7) is 4.27. The number of unbranched alkanes of at least 4 members (excludes halogenated alkanes) is 4. The van der Waals surface area contributed by atoms with Gasteiger partial charge in [-0.3, -0.25) is 4.79 Å². The van der Waals surface area contributed by atoms with Gasteiger partial charge in [-0.1, -0.05) is 44.1 Å². The number of ether oxygens (including phenoxy) is 1. The number of allylic oxidation sites excluding steroid dienone is 4. The van der Waals surface area contributed by atoms with E-state index in [1.807, 2.05) is 12.2 Å². The molecule has 0 fully saturated rings. The number of esters is 1. The van der Waals surface area contributed by atoms with Gasteiger partial charge < -0.3 is 14.9 Å². The minimum Gasteiger partial charge on any atom is -0.505 e. The van der Waals surface area contributed by atoms with Gasteiger partial charge in [0.15, 0.2) is 10.7 Å². The number of nitrogens with zero attached hydrogens (tertiary/aromatic N) is 2. The Hall–Kier alpha value is -2.13. The lowest BCUT2D eigenvalue weighted by atomic mass is 10.1. The van der Waals surface area contributed by atoms with Crippen LogP contribution in [-0.4, -0.2) is 28.9 Å². The number of hydrogen-bond donors (Lipinski definition) is 2. The smallest absolute Gasteiger partial charge is 0.398 e. The Bertz CT molecular complexity index is 518. The van der Waals surface area contributed by atoms with Crippen molar-refractivity contribution in [3.63, 3.8) is 0 Å². The Morgan fingerprint density at radius 3 is 2.54 bits per heavy atom. The molecule has 0 heterocycles. The quantitative estimate of drug-likeness (QED) is 0.145. The zero-order chi connectivity index (χ0) is 19.6. The van der Waals surface area contributed by atoms with Crippen LogP contribution in [0.4, 0.5) is 0 Å². The predicted molar refractivity (Wildman–Crippen MR) is 103 cm³/mol. The molecule has 6 nitrogen and oxygen atoms in total. The second-order valence-corrected chi connectivity index (χ2v) is 6.09. The van der Waals surface area contributed by atoms with E-state index in [0.29, 0.717) is 32.3 Å². The maximum atomic E-state index is 11.2. The van der Waals surface area contributed by atoms with Gasteiger partial charge in [0.2, 0.25) is 5.39 Å². The van der Waals surface area contributed by atoms with Gasteiger partial charge in [0.05, 0.1) is 19.1 Å². The Labute approximate surface area is 156 Å². The van der Waals surface area contributed by atoms with Crippen LogP contribution in [0.5, 0.6) is 0 Å². The van der Waals surface area contributed by atoms with Crippen molar-refractivity contribution in [1.29, 1.82) is 5.39 Å². The Morgan fingerprint density at radius 1 is 1.15 bits per heavy atom. The Morgan fingerprint density at radius 2 is 1.88 bits per heavy atom. The molecule has 1 unspecified atom stereocenters. The summed E-state index contributed by atoms with van der Waals surface area (Å²) in [6.07, 6.45) is 12.7. The third kappa shape index (κ3) is 13.2. The maximum Gasteiger partial charge on any atom is 0.398 e. The first-order valence-corrected chi connectivity index (χ1v) is 9.48. The van der Waals surface area contributed by atoms with Crippen LogP contribution in [0, 0.1) is 5.39 Å².